The lowest BCUT2D eigenvalue weighted by Crippen LogP contribution is -2.19. The van der Waals surface area contributed by atoms with Gasteiger partial charge in [-0.05, 0) is 48.7 Å². The van der Waals surface area contributed by atoms with Crippen LogP contribution in [0.3, 0.4) is 0 Å². The predicted molar refractivity (Wildman–Crippen MR) is 82.5 cm³/mol. The van der Waals surface area contributed by atoms with E-state index in [2.05, 4.69) is 10.6 Å². The molecule has 4 nitrogen and oxygen atoms in total. The highest BCUT2D eigenvalue weighted by atomic mass is 16.2. The highest BCUT2D eigenvalue weighted by molar-refractivity contribution is 6.05. The van der Waals surface area contributed by atoms with Gasteiger partial charge < -0.3 is 10.6 Å². The fraction of sp³-hybridized carbons (Fsp3) is 0.176. The van der Waals surface area contributed by atoms with Crippen molar-refractivity contribution in [2.75, 3.05) is 10.6 Å². The summed E-state index contributed by atoms with van der Waals surface area (Å²) in [4.78, 5) is 23.6. The summed E-state index contributed by atoms with van der Waals surface area (Å²) in [7, 11) is 0. The van der Waals surface area contributed by atoms with Crippen molar-refractivity contribution in [3.63, 3.8) is 0 Å². The molecule has 0 bridgehead atoms. The molecule has 0 unspecified atom stereocenters. The highest BCUT2D eigenvalue weighted by Crippen LogP contribution is 2.26. The molecular formula is C17H16N2O2. The maximum atomic E-state index is 12.3. The van der Waals surface area contributed by atoms with E-state index in [0.717, 1.165) is 22.5 Å². The van der Waals surface area contributed by atoms with Crippen molar-refractivity contribution in [3.8, 4) is 0 Å². The van der Waals surface area contributed by atoms with Gasteiger partial charge in [-0.2, -0.15) is 0 Å². The summed E-state index contributed by atoms with van der Waals surface area (Å²) >= 11 is 0. The van der Waals surface area contributed by atoms with Gasteiger partial charge in [0, 0.05) is 23.4 Å². The molecule has 0 fully saturated rings. The first kappa shape index (κ1) is 13.4. The quantitative estimate of drug-likeness (QED) is 0.888. The number of rotatable bonds is 2. The largest absolute Gasteiger partial charge is 0.326 e. The molecule has 2 aromatic rings. The van der Waals surface area contributed by atoms with Crippen LogP contribution in [-0.4, -0.2) is 11.8 Å². The predicted octanol–water partition coefficient (Wildman–Crippen LogP) is 3.13. The average Bonchev–Trinajstić information content (AvgIpc) is 2.48. The lowest BCUT2D eigenvalue weighted by atomic mass is 10.0. The van der Waals surface area contributed by atoms with Crippen LogP contribution >= 0.6 is 0 Å². The minimum atomic E-state index is -0.118. The van der Waals surface area contributed by atoms with Crippen LogP contribution in [0, 0.1) is 6.92 Å². The topological polar surface area (TPSA) is 58.2 Å². The number of hydrogen-bond acceptors (Lipinski definition) is 2. The van der Waals surface area contributed by atoms with E-state index in [0.29, 0.717) is 18.4 Å². The molecule has 0 saturated carbocycles. The van der Waals surface area contributed by atoms with Gasteiger partial charge in [0.05, 0.1) is 0 Å². The summed E-state index contributed by atoms with van der Waals surface area (Å²) in [6, 6.07) is 13.0. The molecule has 106 valence electrons. The van der Waals surface area contributed by atoms with Gasteiger partial charge in [0.2, 0.25) is 5.91 Å². The van der Waals surface area contributed by atoms with Crippen LogP contribution in [-0.2, 0) is 11.2 Å². The van der Waals surface area contributed by atoms with E-state index in [4.69, 9.17) is 0 Å². The van der Waals surface area contributed by atoms with Gasteiger partial charge in [-0.25, -0.2) is 0 Å². The van der Waals surface area contributed by atoms with Crippen LogP contribution in [0.4, 0.5) is 11.4 Å². The molecule has 2 N–H and O–H groups in total. The monoisotopic (exact) mass is 280 g/mol. The van der Waals surface area contributed by atoms with Crippen molar-refractivity contribution in [2.24, 2.45) is 0 Å². The van der Waals surface area contributed by atoms with E-state index in [1.807, 2.05) is 43.3 Å². The lowest BCUT2D eigenvalue weighted by Gasteiger charge is -2.18. The number of fused-ring (bicyclic) bond motifs is 1. The number of nitrogens with one attached hydrogen (secondary N) is 2. The molecule has 0 atom stereocenters. The van der Waals surface area contributed by atoms with E-state index in [9.17, 15) is 9.59 Å². The second-order valence-electron chi connectivity index (χ2n) is 5.19. The summed E-state index contributed by atoms with van der Waals surface area (Å²) in [5.74, 6) is -0.0768. The Balaban J connectivity index is 1.81. The zero-order chi connectivity index (χ0) is 14.8. The smallest absolute Gasteiger partial charge is 0.255 e. The molecule has 0 aromatic heterocycles. The molecule has 0 radical (unpaired) electrons. The Morgan fingerprint density at radius 2 is 1.95 bits per heavy atom. The molecular weight excluding hydrogens is 264 g/mol. The van der Waals surface area contributed by atoms with Gasteiger partial charge >= 0.3 is 0 Å². The second kappa shape index (κ2) is 5.40. The molecule has 0 aliphatic carbocycles. The molecule has 1 aliphatic heterocycles. The Morgan fingerprint density at radius 1 is 1.14 bits per heavy atom. The molecule has 21 heavy (non-hydrogen) atoms. The fourth-order valence-electron chi connectivity index (χ4n) is 2.49. The number of aryl methyl sites for hydroxylation is 2. The summed E-state index contributed by atoms with van der Waals surface area (Å²) in [6.45, 7) is 1.91. The Kier molecular flexibility index (Phi) is 3.44. The van der Waals surface area contributed by atoms with Gasteiger partial charge in [0.25, 0.3) is 5.91 Å². The molecule has 4 heteroatoms. The van der Waals surface area contributed by atoms with Gasteiger partial charge in [0.1, 0.15) is 0 Å². The second-order valence-corrected chi connectivity index (χ2v) is 5.19. The average molecular weight is 280 g/mol. The van der Waals surface area contributed by atoms with Crippen molar-refractivity contribution in [1.82, 2.24) is 0 Å². The van der Waals surface area contributed by atoms with Crippen LogP contribution in [0.2, 0.25) is 0 Å². The summed E-state index contributed by atoms with van der Waals surface area (Å²) < 4.78 is 0. The van der Waals surface area contributed by atoms with Crippen LogP contribution in [0.15, 0.2) is 42.5 Å². The first-order chi connectivity index (χ1) is 10.1. The summed E-state index contributed by atoms with van der Waals surface area (Å²) in [6.07, 6.45) is 1.19. The molecule has 2 aromatic carbocycles. The minimum absolute atomic E-state index is 0.0409. The SMILES string of the molecule is Cc1ccccc1C(=O)Nc1ccc2c(c1)CCC(=O)N2. The molecule has 0 spiro atoms. The number of amides is 2. The standard InChI is InChI=1S/C17H16N2O2/c1-11-4-2-3-5-14(11)17(21)18-13-7-8-15-12(10-13)6-9-16(20)19-15/h2-5,7-8,10H,6,9H2,1H3,(H,18,21)(H,19,20). The summed E-state index contributed by atoms with van der Waals surface area (Å²) in [5.41, 5.74) is 4.25. The molecule has 2 amide bonds. The van der Waals surface area contributed by atoms with Gasteiger partial charge in [-0.3, -0.25) is 9.59 Å². The van der Waals surface area contributed by atoms with E-state index in [1.165, 1.54) is 0 Å². The first-order valence-corrected chi connectivity index (χ1v) is 6.93. The van der Waals surface area contributed by atoms with Crippen molar-refractivity contribution in [3.05, 3.63) is 59.2 Å². The number of benzene rings is 2. The fourth-order valence-corrected chi connectivity index (χ4v) is 2.49. The first-order valence-electron chi connectivity index (χ1n) is 6.93. The van der Waals surface area contributed by atoms with Gasteiger partial charge in [-0.1, -0.05) is 18.2 Å². The zero-order valence-corrected chi connectivity index (χ0v) is 11.8. The normalized spacial score (nSPS) is 13.3. The number of anilines is 2. The van der Waals surface area contributed by atoms with E-state index in [1.54, 1.807) is 6.07 Å². The Hall–Kier alpha value is -2.62. The van der Waals surface area contributed by atoms with E-state index < -0.39 is 0 Å². The van der Waals surface area contributed by atoms with Gasteiger partial charge in [-0.15, -0.1) is 0 Å². The van der Waals surface area contributed by atoms with E-state index >= 15 is 0 Å². The van der Waals surface area contributed by atoms with E-state index in [-0.39, 0.29) is 11.8 Å². The van der Waals surface area contributed by atoms with Crippen LogP contribution < -0.4 is 10.6 Å². The molecule has 3 rings (SSSR count). The van der Waals surface area contributed by atoms with Crippen LogP contribution in [0.25, 0.3) is 0 Å². The third-order valence-electron chi connectivity index (χ3n) is 3.65. The third kappa shape index (κ3) is 2.79. The van der Waals surface area contributed by atoms with Crippen molar-refractivity contribution < 1.29 is 9.59 Å². The number of carbonyl (C=O) groups is 2. The molecule has 0 saturated heterocycles. The molecule has 1 aliphatic rings. The summed E-state index contributed by atoms with van der Waals surface area (Å²) in [5, 5.41) is 5.74. The van der Waals surface area contributed by atoms with Crippen molar-refractivity contribution in [1.29, 1.82) is 0 Å². The Morgan fingerprint density at radius 3 is 2.76 bits per heavy atom. The zero-order valence-electron chi connectivity index (χ0n) is 11.8. The minimum Gasteiger partial charge on any atom is -0.326 e. The van der Waals surface area contributed by atoms with Crippen molar-refractivity contribution in [2.45, 2.75) is 19.8 Å². The Bertz CT molecular complexity index is 722. The third-order valence-corrected chi connectivity index (χ3v) is 3.65. The number of carbonyl (C=O) groups excluding carboxylic acids is 2. The molecule has 1 heterocycles. The Labute approximate surface area is 123 Å². The maximum absolute atomic E-state index is 12.3. The van der Waals surface area contributed by atoms with Crippen LogP contribution in [0.5, 0.6) is 0 Å². The highest BCUT2D eigenvalue weighted by Gasteiger charge is 2.15. The number of hydrogen-bond donors (Lipinski definition) is 2. The maximum Gasteiger partial charge on any atom is 0.255 e. The van der Waals surface area contributed by atoms with Crippen LogP contribution in [0.1, 0.15) is 27.9 Å². The lowest BCUT2D eigenvalue weighted by molar-refractivity contribution is -0.116. The van der Waals surface area contributed by atoms with Gasteiger partial charge in [0.15, 0.2) is 0 Å². The van der Waals surface area contributed by atoms with Crippen molar-refractivity contribution >= 4 is 23.2 Å².